The third kappa shape index (κ3) is 5.62. The molecule has 202 valence electrons. The molecule has 0 saturated carbocycles. The van der Waals surface area contributed by atoms with Gasteiger partial charge in [0.25, 0.3) is 5.91 Å². The molecule has 2 fully saturated rings. The molecule has 0 unspecified atom stereocenters. The Balaban J connectivity index is 1.33. The number of aromatic amines is 1. The zero-order valence-electron chi connectivity index (χ0n) is 21.5. The number of imidazole rings is 1. The minimum absolute atomic E-state index is 0.0512. The monoisotopic (exact) mass is 523 g/mol. The van der Waals surface area contributed by atoms with Gasteiger partial charge in [-0.15, -0.1) is 0 Å². The van der Waals surface area contributed by atoms with Gasteiger partial charge >= 0.3 is 0 Å². The van der Waals surface area contributed by atoms with Crippen molar-refractivity contribution in [2.24, 2.45) is 17.4 Å². The van der Waals surface area contributed by atoms with Crippen LogP contribution in [0.2, 0.25) is 0 Å². The van der Waals surface area contributed by atoms with E-state index in [1.54, 1.807) is 18.3 Å². The number of H-pyrrole nitrogens is 1. The highest BCUT2D eigenvalue weighted by Gasteiger charge is 2.25. The fourth-order valence-corrected chi connectivity index (χ4v) is 5.00. The fraction of sp³-hybridized carbons (Fsp3) is 0.462. The molecule has 38 heavy (non-hydrogen) atoms. The minimum atomic E-state index is -0.468. The van der Waals surface area contributed by atoms with Crippen molar-refractivity contribution in [1.82, 2.24) is 19.9 Å². The first-order valence-corrected chi connectivity index (χ1v) is 13.0. The van der Waals surface area contributed by atoms with Crippen LogP contribution in [0.5, 0.6) is 0 Å². The normalized spacial score (nSPS) is 18.6. The van der Waals surface area contributed by atoms with E-state index in [9.17, 15) is 9.18 Å². The molecule has 0 bridgehead atoms. The molecule has 2 aliphatic rings. The van der Waals surface area contributed by atoms with Crippen molar-refractivity contribution in [2.75, 3.05) is 61.0 Å². The number of halogens is 1. The molecular formula is C26H34FN9O2. The van der Waals surface area contributed by atoms with Gasteiger partial charge in [-0.3, -0.25) is 4.79 Å². The Hall–Kier alpha value is -3.61. The van der Waals surface area contributed by atoms with Crippen LogP contribution in [0.4, 0.5) is 21.6 Å². The Kier molecular flexibility index (Phi) is 7.82. The van der Waals surface area contributed by atoms with Crippen molar-refractivity contribution in [3.8, 4) is 11.4 Å². The number of hydrogen-bond acceptors (Lipinski definition) is 9. The molecule has 12 heteroatoms. The van der Waals surface area contributed by atoms with Crippen LogP contribution in [0.3, 0.4) is 0 Å². The Morgan fingerprint density at radius 2 is 2.00 bits per heavy atom. The third-order valence-electron chi connectivity index (χ3n) is 7.12. The van der Waals surface area contributed by atoms with Crippen LogP contribution in [0, 0.1) is 18.7 Å². The lowest BCUT2D eigenvalue weighted by atomic mass is 9.96. The number of carbonyl (C=O) groups excluding carboxylic acids is 1. The molecule has 11 nitrogen and oxygen atoms in total. The lowest BCUT2D eigenvalue weighted by Gasteiger charge is -2.34. The summed E-state index contributed by atoms with van der Waals surface area (Å²) in [7, 11) is 0. The summed E-state index contributed by atoms with van der Waals surface area (Å²) < 4.78 is 20.6. The van der Waals surface area contributed by atoms with E-state index in [4.69, 9.17) is 16.2 Å². The lowest BCUT2D eigenvalue weighted by Crippen LogP contribution is -2.46. The number of nitrogens with two attached hydrogens (primary N) is 2. The quantitative estimate of drug-likeness (QED) is 0.364. The second kappa shape index (κ2) is 11.4. The van der Waals surface area contributed by atoms with E-state index in [1.807, 2.05) is 17.9 Å². The number of hydrogen-bond donors (Lipinski definition) is 4. The van der Waals surface area contributed by atoms with Crippen molar-refractivity contribution < 1.29 is 13.9 Å². The van der Waals surface area contributed by atoms with Gasteiger partial charge in [-0.1, -0.05) is 6.07 Å². The van der Waals surface area contributed by atoms with Crippen LogP contribution in [-0.4, -0.2) is 77.8 Å². The van der Waals surface area contributed by atoms with Gasteiger partial charge in [0.05, 0.1) is 41.7 Å². The van der Waals surface area contributed by atoms with Crippen LogP contribution in [0.25, 0.3) is 11.4 Å². The average Bonchev–Trinajstić information content (AvgIpc) is 3.44. The van der Waals surface area contributed by atoms with Crippen LogP contribution >= 0.6 is 0 Å². The van der Waals surface area contributed by atoms with Crippen molar-refractivity contribution in [2.45, 2.75) is 25.9 Å². The summed E-state index contributed by atoms with van der Waals surface area (Å²) in [5.41, 5.74) is 13.6. The predicted molar refractivity (Wildman–Crippen MR) is 144 cm³/mol. The number of piperidine rings is 1. The Morgan fingerprint density at radius 1 is 1.18 bits per heavy atom. The van der Waals surface area contributed by atoms with E-state index >= 15 is 0 Å². The summed E-state index contributed by atoms with van der Waals surface area (Å²) in [5.74, 6) is 1.05. The topological polar surface area (TPSA) is 151 Å². The maximum atomic E-state index is 14.9. The summed E-state index contributed by atoms with van der Waals surface area (Å²) in [6.45, 7) is 6.16. The summed E-state index contributed by atoms with van der Waals surface area (Å²) in [6.07, 6.45) is 3.28. The average molecular weight is 524 g/mol. The summed E-state index contributed by atoms with van der Waals surface area (Å²) >= 11 is 0. The molecule has 3 aromatic rings. The number of aryl methyl sites for hydroxylation is 1. The van der Waals surface area contributed by atoms with E-state index < -0.39 is 5.91 Å². The fourth-order valence-electron chi connectivity index (χ4n) is 5.00. The number of para-hydroxylation sites is 1. The van der Waals surface area contributed by atoms with Gasteiger partial charge < -0.3 is 36.3 Å². The third-order valence-corrected chi connectivity index (χ3v) is 7.12. The number of carbonyl (C=O) groups is 1. The smallest absolute Gasteiger partial charge is 0.291 e. The van der Waals surface area contributed by atoms with E-state index in [2.05, 4.69) is 30.2 Å². The molecule has 1 atom stereocenters. The Morgan fingerprint density at radius 3 is 2.76 bits per heavy atom. The van der Waals surface area contributed by atoms with Crippen molar-refractivity contribution in [1.29, 1.82) is 0 Å². The summed E-state index contributed by atoms with van der Waals surface area (Å²) in [4.78, 5) is 33.7. The zero-order chi connectivity index (χ0) is 26.6. The number of benzene rings is 1. The molecule has 4 heterocycles. The lowest BCUT2D eigenvalue weighted by molar-refractivity contribution is 0.0463. The molecule has 2 aromatic heterocycles. The number of morpholine rings is 1. The molecule has 1 aromatic carbocycles. The molecule has 1 amide bonds. The van der Waals surface area contributed by atoms with Gasteiger partial charge in [-0.05, 0) is 44.4 Å². The predicted octanol–water partition coefficient (Wildman–Crippen LogP) is 1.91. The van der Waals surface area contributed by atoms with Gasteiger partial charge in [-0.25, -0.2) is 19.3 Å². The Labute approximate surface area is 220 Å². The number of ether oxygens (including phenoxy) is 1. The van der Waals surface area contributed by atoms with Crippen LogP contribution in [-0.2, 0) is 4.74 Å². The molecule has 6 N–H and O–H groups in total. The number of nitrogens with one attached hydrogen (secondary N) is 2. The molecule has 0 aliphatic carbocycles. The van der Waals surface area contributed by atoms with Crippen LogP contribution < -0.4 is 26.6 Å². The molecule has 0 spiro atoms. The molecular weight excluding hydrogens is 489 g/mol. The van der Waals surface area contributed by atoms with Gasteiger partial charge in [0.15, 0.2) is 5.82 Å². The number of anilines is 3. The van der Waals surface area contributed by atoms with Crippen molar-refractivity contribution in [3.63, 3.8) is 0 Å². The van der Waals surface area contributed by atoms with E-state index in [-0.39, 0.29) is 17.7 Å². The zero-order valence-corrected chi connectivity index (χ0v) is 21.5. The van der Waals surface area contributed by atoms with Crippen molar-refractivity contribution >= 4 is 23.1 Å². The number of amides is 1. The second-order valence-corrected chi connectivity index (χ2v) is 9.73. The van der Waals surface area contributed by atoms with Crippen LogP contribution in [0.1, 0.15) is 29.3 Å². The number of nitrogens with zero attached hydrogens (tertiary/aromatic N) is 5. The highest BCUT2D eigenvalue weighted by atomic mass is 19.1. The first-order chi connectivity index (χ1) is 18.4. The first kappa shape index (κ1) is 26.0. The second-order valence-electron chi connectivity index (χ2n) is 9.73. The minimum Gasteiger partial charge on any atom is -0.373 e. The van der Waals surface area contributed by atoms with E-state index in [1.165, 1.54) is 6.07 Å². The molecule has 2 saturated heterocycles. The standard InChI is InChI=1S/C26H34FN9O2/c1-16-31-21(11-23(32-16)36-9-10-38-18(13-29)15-36)22-14-30-25(33-22)26(37)34-20-4-2-3-19(27)24(20)35-7-5-17(12-28)6-8-35/h2-4,11,14,17-18H,5-10,12-13,15,28-29H2,1H3,(H,30,33)(H,34,37)/t18-/m1/s1. The Bertz CT molecular complexity index is 1280. The molecule has 5 rings (SSSR count). The molecule has 0 radical (unpaired) electrons. The summed E-state index contributed by atoms with van der Waals surface area (Å²) in [6, 6.07) is 6.55. The van der Waals surface area contributed by atoms with Gasteiger partial charge in [-0.2, -0.15) is 0 Å². The highest BCUT2D eigenvalue weighted by Crippen LogP contribution is 2.33. The van der Waals surface area contributed by atoms with E-state index in [0.29, 0.717) is 80.4 Å². The summed E-state index contributed by atoms with van der Waals surface area (Å²) in [5, 5.41) is 2.83. The number of rotatable bonds is 7. The van der Waals surface area contributed by atoms with Gasteiger partial charge in [0, 0.05) is 38.8 Å². The highest BCUT2D eigenvalue weighted by molar-refractivity contribution is 6.04. The largest absolute Gasteiger partial charge is 0.373 e. The van der Waals surface area contributed by atoms with Crippen LogP contribution in [0.15, 0.2) is 30.5 Å². The molecule has 2 aliphatic heterocycles. The first-order valence-electron chi connectivity index (χ1n) is 13.0. The van der Waals surface area contributed by atoms with Gasteiger partial charge in [0.1, 0.15) is 17.5 Å². The van der Waals surface area contributed by atoms with Gasteiger partial charge in [0.2, 0.25) is 0 Å². The maximum absolute atomic E-state index is 14.9. The maximum Gasteiger partial charge on any atom is 0.291 e. The number of aromatic nitrogens is 4. The van der Waals surface area contributed by atoms with E-state index in [0.717, 1.165) is 18.7 Å². The van der Waals surface area contributed by atoms with Crippen molar-refractivity contribution in [3.05, 3.63) is 47.9 Å². The SMILES string of the molecule is Cc1nc(-c2cnc(C(=O)Nc3cccc(F)c3N3CCC(CN)CC3)[nH]2)cc(N2CCO[C@H](CN)C2)n1.